The van der Waals surface area contributed by atoms with Gasteiger partial charge in [0.25, 0.3) is 5.91 Å². The van der Waals surface area contributed by atoms with Crippen molar-refractivity contribution >= 4 is 17.5 Å². The number of amides is 2. The van der Waals surface area contributed by atoms with Crippen LogP contribution in [0.4, 0.5) is 5.69 Å². The van der Waals surface area contributed by atoms with Crippen LogP contribution in [0, 0.1) is 6.92 Å². The summed E-state index contributed by atoms with van der Waals surface area (Å²) in [5.74, 6) is 1.11. The molecule has 2 aromatic carbocycles. The molecule has 2 aliphatic rings. The van der Waals surface area contributed by atoms with Gasteiger partial charge in [-0.15, -0.1) is 0 Å². The highest BCUT2D eigenvalue weighted by atomic mass is 16.7. The number of benzene rings is 2. The third-order valence-electron chi connectivity index (χ3n) is 6.37. The Bertz CT molecular complexity index is 1050. The number of nitrogens with zero attached hydrogens (tertiary/aromatic N) is 3. The molecular formula is C26H35N5O4. The number of ether oxygens (including phenoxy) is 2. The van der Waals surface area contributed by atoms with Gasteiger partial charge in [0, 0.05) is 51.0 Å². The molecule has 188 valence electrons. The molecule has 2 aromatic rings. The molecule has 9 heteroatoms. The zero-order valence-electron chi connectivity index (χ0n) is 21.0. The maximum absolute atomic E-state index is 13.2. The van der Waals surface area contributed by atoms with Crippen molar-refractivity contribution in [3.05, 3.63) is 53.1 Å². The molecule has 9 nitrogen and oxygen atoms in total. The van der Waals surface area contributed by atoms with Crippen LogP contribution in [-0.4, -0.2) is 72.8 Å². The van der Waals surface area contributed by atoms with Crippen LogP contribution in [0.5, 0.6) is 11.5 Å². The number of aryl methyl sites for hydroxylation is 1. The lowest BCUT2D eigenvalue weighted by molar-refractivity contribution is -0.151. The van der Waals surface area contributed by atoms with E-state index in [-0.39, 0.29) is 31.7 Å². The van der Waals surface area contributed by atoms with E-state index in [9.17, 15) is 9.59 Å². The zero-order valence-corrected chi connectivity index (χ0v) is 21.0. The van der Waals surface area contributed by atoms with Gasteiger partial charge in [0.1, 0.15) is 6.54 Å². The summed E-state index contributed by atoms with van der Waals surface area (Å²) in [6, 6.07) is 12.2. The van der Waals surface area contributed by atoms with Crippen molar-refractivity contribution < 1.29 is 19.1 Å². The number of hydrogen-bond acceptors (Lipinski definition) is 7. The van der Waals surface area contributed by atoms with E-state index in [1.165, 1.54) is 11.1 Å². The molecule has 0 bridgehead atoms. The molecule has 35 heavy (non-hydrogen) atoms. The average Bonchev–Trinajstić information content (AvgIpc) is 3.47. The van der Waals surface area contributed by atoms with Crippen molar-refractivity contribution in [3.63, 3.8) is 0 Å². The van der Waals surface area contributed by atoms with E-state index in [0.29, 0.717) is 43.7 Å². The van der Waals surface area contributed by atoms with Gasteiger partial charge in [0.05, 0.1) is 6.54 Å². The monoisotopic (exact) mass is 481 g/mol. The highest BCUT2D eigenvalue weighted by Crippen LogP contribution is 2.36. The average molecular weight is 482 g/mol. The summed E-state index contributed by atoms with van der Waals surface area (Å²) in [6.07, 6.45) is 0. The van der Waals surface area contributed by atoms with Crippen LogP contribution >= 0.6 is 0 Å². The molecule has 0 unspecified atom stereocenters. The molecule has 0 aromatic heterocycles. The van der Waals surface area contributed by atoms with Crippen LogP contribution in [0.1, 0.15) is 30.5 Å². The minimum atomic E-state index is -0.140. The van der Waals surface area contributed by atoms with Crippen molar-refractivity contribution in [3.8, 4) is 11.5 Å². The Morgan fingerprint density at radius 1 is 1.06 bits per heavy atom. The van der Waals surface area contributed by atoms with Gasteiger partial charge in [0.15, 0.2) is 11.5 Å². The summed E-state index contributed by atoms with van der Waals surface area (Å²) in [7, 11) is 1.78. The SMILES string of the molecule is Cc1cc2c(cc1NCC(=O)N(CCNC(C)C)CC(=O)N(C)N1Cc3ccccc3C1)OCO2. The molecular weight excluding hydrogens is 446 g/mol. The number of nitrogens with one attached hydrogen (secondary N) is 2. The number of anilines is 1. The maximum atomic E-state index is 13.2. The molecule has 0 atom stereocenters. The summed E-state index contributed by atoms with van der Waals surface area (Å²) in [4.78, 5) is 28.0. The fourth-order valence-corrected chi connectivity index (χ4v) is 4.25. The summed E-state index contributed by atoms with van der Waals surface area (Å²) < 4.78 is 10.9. The first kappa shape index (κ1) is 24.8. The van der Waals surface area contributed by atoms with Crippen molar-refractivity contribution in [2.75, 3.05) is 45.3 Å². The van der Waals surface area contributed by atoms with Crippen molar-refractivity contribution in [1.29, 1.82) is 0 Å². The van der Waals surface area contributed by atoms with E-state index in [0.717, 1.165) is 11.3 Å². The molecule has 2 N–H and O–H groups in total. The molecule has 2 aliphatic heterocycles. The normalized spacial score (nSPS) is 14.2. The summed E-state index contributed by atoms with van der Waals surface area (Å²) >= 11 is 0. The second-order valence-electron chi connectivity index (χ2n) is 9.31. The van der Waals surface area contributed by atoms with Crippen molar-refractivity contribution in [2.24, 2.45) is 0 Å². The van der Waals surface area contributed by atoms with E-state index in [1.807, 2.05) is 36.2 Å². The number of rotatable bonds is 10. The van der Waals surface area contributed by atoms with Gasteiger partial charge in [-0.3, -0.25) is 14.6 Å². The highest BCUT2D eigenvalue weighted by Gasteiger charge is 2.27. The van der Waals surface area contributed by atoms with Gasteiger partial charge in [-0.05, 0) is 29.7 Å². The summed E-state index contributed by atoms with van der Waals surface area (Å²) in [5, 5.41) is 10.2. The Morgan fingerprint density at radius 2 is 1.71 bits per heavy atom. The number of hydrogen-bond donors (Lipinski definition) is 2. The number of likely N-dealkylation sites (N-methyl/N-ethyl adjacent to an activating group) is 1. The predicted octanol–water partition coefficient (Wildman–Crippen LogP) is 2.35. The zero-order chi connectivity index (χ0) is 24.9. The van der Waals surface area contributed by atoms with E-state index in [1.54, 1.807) is 17.0 Å². The van der Waals surface area contributed by atoms with Crippen LogP contribution in [0.25, 0.3) is 0 Å². The smallest absolute Gasteiger partial charge is 0.256 e. The third-order valence-corrected chi connectivity index (χ3v) is 6.37. The van der Waals surface area contributed by atoms with Crippen molar-refractivity contribution in [2.45, 2.75) is 39.9 Å². The van der Waals surface area contributed by atoms with E-state index < -0.39 is 0 Å². The molecule has 0 radical (unpaired) electrons. The first-order chi connectivity index (χ1) is 16.8. The minimum absolute atomic E-state index is 0.0176. The topological polar surface area (TPSA) is 86.4 Å². The van der Waals surface area contributed by atoms with Gasteiger partial charge >= 0.3 is 0 Å². The maximum Gasteiger partial charge on any atom is 0.256 e. The van der Waals surface area contributed by atoms with E-state index >= 15 is 0 Å². The quantitative estimate of drug-likeness (QED) is 0.539. The molecule has 4 rings (SSSR count). The fourth-order valence-electron chi connectivity index (χ4n) is 4.25. The lowest BCUT2D eigenvalue weighted by Crippen LogP contribution is -2.49. The second kappa shape index (κ2) is 11.0. The van der Waals surface area contributed by atoms with Gasteiger partial charge in [0.2, 0.25) is 12.7 Å². The molecule has 0 fully saturated rings. The van der Waals surface area contributed by atoms with E-state index in [2.05, 4.69) is 36.6 Å². The highest BCUT2D eigenvalue weighted by molar-refractivity contribution is 5.87. The molecule has 0 saturated heterocycles. The third kappa shape index (κ3) is 6.04. The Labute approximate surface area is 206 Å². The summed E-state index contributed by atoms with van der Waals surface area (Å²) in [5.41, 5.74) is 4.22. The van der Waals surface area contributed by atoms with Gasteiger partial charge in [-0.1, -0.05) is 38.1 Å². The van der Waals surface area contributed by atoms with Crippen LogP contribution in [-0.2, 0) is 22.7 Å². The lowest BCUT2D eigenvalue weighted by Gasteiger charge is -2.31. The number of fused-ring (bicyclic) bond motifs is 2. The van der Waals surface area contributed by atoms with Crippen molar-refractivity contribution in [1.82, 2.24) is 20.2 Å². The minimum Gasteiger partial charge on any atom is -0.454 e. The van der Waals surface area contributed by atoms with Gasteiger partial charge in [-0.25, -0.2) is 5.01 Å². The molecule has 2 amide bonds. The number of carbonyl (C=O) groups excluding carboxylic acids is 2. The second-order valence-corrected chi connectivity index (χ2v) is 9.31. The predicted molar refractivity (Wildman–Crippen MR) is 134 cm³/mol. The first-order valence-electron chi connectivity index (χ1n) is 12.0. The van der Waals surface area contributed by atoms with E-state index in [4.69, 9.17) is 9.47 Å². The molecule has 0 aliphatic carbocycles. The Balaban J connectivity index is 1.37. The van der Waals surface area contributed by atoms with Crippen LogP contribution in [0.2, 0.25) is 0 Å². The van der Waals surface area contributed by atoms with Gasteiger partial charge in [-0.2, -0.15) is 0 Å². The van der Waals surface area contributed by atoms with Crippen LogP contribution < -0.4 is 20.1 Å². The Hall–Kier alpha value is -3.30. The number of carbonyl (C=O) groups is 2. The largest absolute Gasteiger partial charge is 0.454 e. The first-order valence-corrected chi connectivity index (χ1v) is 12.0. The Morgan fingerprint density at radius 3 is 2.37 bits per heavy atom. The lowest BCUT2D eigenvalue weighted by atomic mass is 10.1. The molecule has 0 saturated carbocycles. The van der Waals surface area contributed by atoms with Crippen LogP contribution in [0.3, 0.4) is 0 Å². The fraction of sp³-hybridized carbons (Fsp3) is 0.462. The van der Waals surface area contributed by atoms with Gasteiger partial charge < -0.3 is 25.0 Å². The molecule has 0 spiro atoms. The summed E-state index contributed by atoms with van der Waals surface area (Å²) in [6.45, 7) is 8.78. The number of hydrazine groups is 1. The Kier molecular flexibility index (Phi) is 7.77. The standard InChI is InChI=1S/C26H35N5O4/c1-18(2)27-9-10-30(16-26(33)29(4)31-14-20-7-5-6-8-21(20)15-31)25(32)13-28-22-12-24-23(11-19(22)3)34-17-35-24/h5-8,11-12,18,27-28H,9-10,13-17H2,1-4H3. The van der Waals surface area contributed by atoms with Crippen LogP contribution in [0.15, 0.2) is 36.4 Å². The molecule has 2 heterocycles.